The van der Waals surface area contributed by atoms with Crippen LogP contribution in [-0.2, 0) is 9.47 Å². The maximum Gasteiger partial charge on any atom is 0.109 e. The molecule has 1 aliphatic heterocycles. The quantitative estimate of drug-likeness (QED) is 0.523. The Bertz CT molecular complexity index is 143. The Morgan fingerprint density at radius 2 is 2.33 bits per heavy atom. The SMILES string of the molecule is [B][C@H]1C[C@@H](S)[C@@H](COC(C)C)O1. The smallest absolute Gasteiger partial charge is 0.109 e. The molecule has 0 N–H and O–H groups in total. The molecule has 1 rings (SSSR count). The summed E-state index contributed by atoms with van der Waals surface area (Å²) in [6.45, 7) is 4.60. The first-order valence-corrected chi connectivity index (χ1v) is 4.82. The van der Waals surface area contributed by atoms with E-state index in [0.29, 0.717) is 6.61 Å². The van der Waals surface area contributed by atoms with Crippen LogP contribution in [0.1, 0.15) is 20.3 Å². The van der Waals surface area contributed by atoms with E-state index in [-0.39, 0.29) is 23.5 Å². The van der Waals surface area contributed by atoms with Crippen LogP contribution in [0.3, 0.4) is 0 Å². The van der Waals surface area contributed by atoms with Crippen molar-refractivity contribution in [1.29, 1.82) is 0 Å². The van der Waals surface area contributed by atoms with Crippen LogP contribution >= 0.6 is 12.6 Å². The van der Waals surface area contributed by atoms with Crippen LogP contribution in [0.15, 0.2) is 0 Å². The van der Waals surface area contributed by atoms with E-state index in [0.717, 1.165) is 6.42 Å². The minimum Gasteiger partial charge on any atom is -0.381 e. The molecule has 0 bridgehead atoms. The highest BCUT2D eigenvalue weighted by Crippen LogP contribution is 2.23. The first kappa shape index (κ1) is 10.4. The summed E-state index contributed by atoms with van der Waals surface area (Å²) in [5.41, 5.74) is 0. The number of hydrogen-bond acceptors (Lipinski definition) is 3. The third-order valence-corrected chi connectivity index (χ3v) is 2.39. The average molecular weight is 186 g/mol. The molecule has 1 aliphatic rings. The van der Waals surface area contributed by atoms with Crippen molar-refractivity contribution in [3.8, 4) is 0 Å². The van der Waals surface area contributed by atoms with Crippen molar-refractivity contribution in [2.75, 3.05) is 6.61 Å². The Balaban J connectivity index is 2.23. The van der Waals surface area contributed by atoms with Crippen LogP contribution in [0.5, 0.6) is 0 Å². The van der Waals surface area contributed by atoms with Gasteiger partial charge < -0.3 is 9.47 Å². The molecular formula is C8H15BO2S. The van der Waals surface area contributed by atoms with Crippen LogP contribution in [-0.4, -0.2) is 37.9 Å². The molecule has 0 amide bonds. The van der Waals surface area contributed by atoms with E-state index in [4.69, 9.17) is 17.3 Å². The second kappa shape index (κ2) is 4.54. The first-order chi connectivity index (χ1) is 5.59. The lowest BCUT2D eigenvalue weighted by molar-refractivity contribution is -0.0139. The number of hydrogen-bond donors (Lipinski definition) is 1. The molecule has 0 aromatic carbocycles. The van der Waals surface area contributed by atoms with E-state index in [9.17, 15) is 0 Å². The van der Waals surface area contributed by atoms with Gasteiger partial charge in [0.05, 0.1) is 18.8 Å². The van der Waals surface area contributed by atoms with Crippen molar-refractivity contribution >= 4 is 20.5 Å². The highest BCUT2D eigenvalue weighted by molar-refractivity contribution is 7.81. The van der Waals surface area contributed by atoms with Gasteiger partial charge in [0.2, 0.25) is 0 Å². The van der Waals surface area contributed by atoms with Gasteiger partial charge in [-0.15, -0.1) is 0 Å². The minimum atomic E-state index is -0.159. The Kier molecular flexibility index (Phi) is 3.94. The van der Waals surface area contributed by atoms with Gasteiger partial charge in [0, 0.05) is 11.3 Å². The van der Waals surface area contributed by atoms with Crippen LogP contribution < -0.4 is 0 Å². The summed E-state index contributed by atoms with van der Waals surface area (Å²) >= 11 is 4.36. The summed E-state index contributed by atoms with van der Waals surface area (Å²) in [7, 11) is 5.60. The van der Waals surface area contributed by atoms with Gasteiger partial charge in [0.15, 0.2) is 0 Å². The van der Waals surface area contributed by atoms with E-state index in [1.165, 1.54) is 0 Å². The summed E-state index contributed by atoms with van der Waals surface area (Å²) in [6.07, 6.45) is 1.12. The Labute approximate surface area is 80.8 Å². The Hall–Kier alpha value is 0.335. The predicted octanol–water partition coefficient (Wildman–Crippen LogP) is 0.993. The van der Waals surface area contributed by atoms with Gasteiger partial charge in [-0.2, -0.15) is 12.6 Å². The van der Waals surface area contributed by atoms with Gasteiger partial charge in [-0.3, -0.25) is 0 Å². The van der Waals surface area contributed by atoms with E-state index in [1.807, 2.05) is 13.8 Å². The second-order valence-corrected chi connectivity index (χ2v) is 4.06. The van der Waals surface area contributed by atoms with Crippen molar-refractivity contribution < 1.29 is 9.47 Å². The Morgan fingerprint density at radius 1 is 1.67 bits per heavy atom. The molecule has 3 atom stereocenters. The molecule has 12 heavy (non-hydrogen) atoms. The molecule has 2 radical (unpaired) electrons. The molecule has 4 heteroatoms. The first-order valence-electron chi connectivity index (χ1n) is 4.30. The van der Waals surface area contributed by atoms with Crippen LogP contribution in [0, 0.1) is 0 Å². The van der Waals surface area contributed by atoms with E-state index >= 15 is 0 Å². The monoisotopic (exact) mass is 186 g/mol. The summed E-state index contributed by atoms with van der Waals surface area (Å²) in [4.78, 5) is 0. The van der Waals surface area contributed by atoms with Crippen molar-refractivity contribution in [3.63, 3.8) is 0 Å². The zero-order valence-corrected chi connectivity index (χ0v) is 8.46. The molecule has 0 aromatic rings. The van der Waals surface area contributed by atoms with Gasteiger partial charge in [-0.05, 0) is 20.3 Å². The van der Waals surface area contributed by atoms with Crippen LogP contribution in [0.4, 0.5) is 0 Å². The van der Waals surface area contributed by atoms with Crippen LogP contribution in [0.2, 0.25) is 0 Å². The fraction of sp³-hybridized carbons (Fsp3) is 1.00. The predicted molar refractivity (Wildman–Crippen MR) is 52.9 cm³/mol. The second-order valence-electron chi connectivity index (χ2n) is 3.40. The zero-order chi connectivity index (χ0) is 9.14. The van der Waals surface area contributed by atoms with Gasteiger partial charge in [-0.25, -0.2) is 0 Å². The molecule has 0 unspecified atom stereocenters. The molecule has 1 heterocycles. The lowest BCUT2D eigenvalue weighted by Crippen LogP contribution is -2.25. The molecule has 1 fully saturated rings. The third-order valence-electron chi connectivity index (χ3n) is 1.85. The molecule has 0 aliphatic carbocycles. The molecule has 68 valence electrons. The largest absolute Gasteiger partial charge is 0.381 e. The van der Waals surface area contributed by atoms with Gasteiger partial charge in [0.1, 0.15) is 7.85 Å². The zero-order valence-electron chi connectivity index (χ0n) is 7.56. The molecule has 1 saturated heterocycles. The molecule has 0 aromatic heterocycles. The van der Waals surface area contributed by atoms with Crippen LogP contribution in [0.25, 0.3) is 0 Å². The molecule has 2 nitrogen and oxygen atoms in total. The van der Waals surface area contributed by atoms with E-state index in [1.54, 1.807) is 0 Å². The summed E-state index contributed by atoms with van der Waals surface area (Å²) in [5.74, 6) is 0. The highest BCUT2D eigenvalue weighted by atomic mass is 32.1. The number of ether oxygens (including phenoxy) is 2. The fourth-order valence-corrected chi connectivity index (χ4v) is 1.56. The van der Waals surface area contributed by atoms with Gasteiger partial charge in [0.25, 0.3) is 0 Å². The minimum absolute atomic E-state index is 0.0609. The molecule has 0 saturated carbocycles. The van der Waals surface area contributed by atoms with Crippen molar-refractivity contribution in [3.05, 3.63) is 0 Å². The number of thiol groups is 1. The lowest BCUT2D eigenvalue weighted by atomic mass is 9.97. The summed E-state index contributed by atoms with van der Waals surface area (Å²) in [6, 6.07) is -0.159. The topological polar surface area (TPSA) is 18.5 Å². The third kappa shape index (κ3) is 3.00. The average Bonchev–Trinajstić information content (AvgIpc) is 2.26. The standard InChI is InChI=1S/C8H15BO2S/c1-5(2)10-4-6-7(12)3-8(9)11-6/h5-8,12H,3-4H2,1-2H3/t6-,7-,8-/m1/s1. The normalized spacial score (nSPS) is 36.2. The van der Waals surface area contributed by atoms with E-state index in [2.05, 4.69) is 12.6 Å². The fourth-order valence-electron chi connectivity index (χ4n) is 1.20. The van der Waals surface area contributed by atoms with Crippen molar-refractivity contribution in [2.45, 2.75) is 43.7 Å². The van der Waals surface area contributed by atoms with Crippen molar-refractivity contribution in [1.82, 2.24) is 0 Å². The summed E-state index contributed by atoms with van der Waals surface area (Å²) < 4.78 is 10.8. The Morgan fingerprint density at radius 3 is 2.75 bits per heavy atom. The van der Waals surface area contributed by atoms with Gasteiger partial charge >= 0.3 is 0 Å². The van der Waals surface area contributed by atoms with Gasteiger partial charge in [-0.1, -0.05) is 0 Å². The lowest BCUT2D eigenvalue weighted by Gasteiger charge is -2.16. The molecule has 0 spiro atoms. The summed E-state index contributed by atoms with van der Waals surface area (Å²) in [5, 5.41) is 0.221. The van der Waals surface area contributed by atoms with E-state index < -0.39 is 0 Å². The molecular weight excluding hydrogens is 171 g/mol. The number of rotatable bonds is 3. The maximum absolute atomic E-state index is 5.60. The van der Waals surface area contributed by atoms with Crippen molar-refractivity contribution in [2.24, 2.45) is 0 Å². The maximum atomic E-state index is 5.60. The highest BCUT2D eigenvalue weighted by Gasteiger charge is 2.29.